The van der Waals surface area contributed by atoms with Gasteiger partial charge in [-0.05, 0) is 30.2 Å². The van der Waals surface area contributed by atoms with Gasteiger partial charge < -0.3 is 16.0 Å². The second-order valence-electron chi connectivity index (χ2n) is 5.42. The number of carbonyl (C=O) groups excluding carboxylic acids is 2. The molecule has 1 unspecified atom stereocenters. The molecule has 3 N–H and O–H groups in total. The predicted octanol–water partition coefficient (Wildman–Crippen LogP) is 2.87. The average molecular weight is 312 g/mol. The molecule has 0 radical (unpaired) electrons. The van der Waals surface area contributed by atoms with E-state index in [1.54, 1.807) is 36.7 Å². The van der Waals surface area contributed by atoms with E-state index < -0.39 is 12.1 Å². The van der Waals surface area contributed by atoms with Crippen molar-refractivity contribution in [2.45, 2.75) is 19.9 Å². The van der Waals surface area contributed by atoms with Crippen molar-refractivity contribution in [2.75, 3.05) is 10.6 Å². The number of nitrogens with one attached hydrogen (secondary N) is 3. The highest BCUT2D eigenvalue weighted by Crippen LogP contribution is 2.09. The highest BCUT2D eigenvalue weighted by molar-refractivity contribution is 5.99. The van der Waals surface area contributed by atoms with E-state index >= 15 is 0 Å². The van der Waals surface area contributed by atoms with Crippen molar-refractivity contribution in [3.05, 3.63) is 54.9 Å². The van der Waals surface area contributed by atoms with E-state index in [0.717, 1.165) is 0 Å². The Kier molecular flexibility index (Phi) is 5.68. The number of urea groups is 1. The molecule has 0 aliphatic rings. The first kappa shape index (κ1) is 16.5. The van der Waals surface area contributed by atoms with Gasteiger partial charge in [-0.15, -0.1) is 0 Å². The van der Waals surface area contributed by atoms with Crippen LogP contribution in [0.15, 0.2) is 54.9 Å². The summed E-state index contributed by atoms with van der Waals surface area (Å²) in [6.45, 7) is 3.74. The fourth-order valence-corrected chi connectivity index (χ4v) is 2.02. The summed E-state index contributed by atoms with van der Waals surface area (Å²) >= 11 is 0. The highest BCUT2D eigenvalue weighted by atomic mass is 16.2. The lowest BCUT2D eigenvalue weighted by Crippen LogP contribution is -2.48. The van der Waals surface area contributed by atoms with Crippen molar-refractivity contribution in [2.24, 2.45) is 5.92 Å². The number of amides is 3. The minimum atomic E-state index is -0.654. The van der Waals surface area contributed by atoms with Crippen LogP contribution >= 0.6 is 0 Å². The Balaban J connectivity index is 1.98. The summed E-state index contributed by atoms with van der Waals surface area (Å²) in [5.74, 6) is -0.343. The Morgan fingerprint density at radius 3 is 2.26 bits per heavy atom. The summed E-state index contributed by atoms with van der Waals surface area (Å²) < 4.78 is 0. The third-order valence-corrected chi connectivity index (χ3v) is 3.20. The second-order valence-corrected chi connectivity index (χ2v) is 5.42. The van der Waals surface area contributed by atoms with Crippen LogP contribution in [0.3, 0.4) is 0 Å². The number of pyridine rings is 1. The number of nitrogens with zero attached hydrogens (tertiary/aromatic N) is 1. The van der Waals surface area contributed by atoms with Crippen LogP contribution in [0.2, 0.25) is 0 Å². The summed E-state index contributed by atoms with van der Waals surface area (Å²) in [5.41, 5.74) is 1.26. The molecule has 0 saturated carbocycles. The standard InChI is InChI=1S/C17H20N4O2/c1-12(2)15(16(22)19-14-9-6-10-18-11-14)21-17(23)20-13-7-4-3-5-8-13/h3-12,15H,1-2H3,(H,19,22)(H2,20,21,23). The van der Waals surface area contributed by atoms with Gasteiger partial charge in [-0.2, -0.15) is 0 Å². The van der Waals surface area contributed by atoms with Gasteiger partial charge in [-0.1, -0.05) is 32.0 Å². The Morgan fingerprint density at radius 1 is 0.957 bits per heavy atom. The lowest BCUT2D eigenvalue weighted by atomic mass is 10.0. The third kappa shape index (κ3) is 5.10. The number of para-hydroxylation sites is 1. The van der Waals surface area contributed by atoms with Gasteiger partial charge in [-0.3, -0.25) is 9.78 Å². The number of hydrogen-bond acceptors (Lipinski definition) is 3. The van der Waals surface area contributed by atoms with Crippen molar-refractivity contribution in [3.63, 3.8) is 0 Å². The van der Waals surface area contributed by atoms with Gasteiger partial charge in [0.2, 0.25) is 5.91 Å². The maximum atomic E-state index is 12.4. The van der Waals surface area contributed by atoms with Crippen molar-refractivity contribution in [3.8, 4) is 0 Å². The molecule has 2 rings (SSSR count). The van der Waals surface area contributed by atoms with Gasteiger partial charge in [0.15, 0.2) is 0 Å². The first-order valence-electron chi connectivity index (χ1n) is 7.39. The van der Waals surface area contributed by atoms with Crippen molar-refractivity contribution >= 4 is 23.3 Å². The van der Waals surface area contributed by atoms with Crippen molar-refractivity contribution < 1.29 is 9.59 Å². The Labute approximate surface area is 135 Å². The van der Waals surface area contributed by atoms with Crippen LogP contribution in [0.25, 0.3) is 0 Å². The van der Waals surface area contributed by atoms with E-state index in [0.29, 0.717) is 11.4 Å². The van der Waals surface area contributed by atoms with E-state index in [2.05, 4.69) is 20.9 Å². The van der Waals surface area contributed by atoms with Gasteiger partial charge in [-0.25, -0.2) is 4.79 Å². The maximum absolute atomic E-state index is 12.4. The van der Waals surface area contributed by atoms with Gasteiger partial charge in [0.25, 0.3) is 0 Å². The molecule has 1 aromatic carbocycles. The van der Waals surface area contributed by atoms with Crippen molar-refractivity contribution in [1.29, 1.82) is 0 Å². The van der Waals surface area contributed by atoms with E-state index in [1.165, 1.54) is 0 Å². The summed E-state index contributed by atoms with van der Waals surface area (Å²) in [4.78, 5) is 28.4. The molecule has 0 bridgehead atoms. The molecule has 120 valence electrons. The molecule has 2 aromatic rings. The van der Waals surface area contributed by atoms with Crippen LogP contribution in [-0.4, -0.2) is 23.0 Å². The van der Waals surface area contributed by atoms with E-state index in [9.17, 15) is 9.59 Å². The summed E-state index contributed by atoms with van der Waals surface area (Å²) in [6.07, 6.45) is 3.18. The fourth-order valence-electron chi connectivity index (χ4n) is 2.02. The molecular weight excluding hydrogens is 292 g/mol. The molecule has 1 atom stereocenters. The minimum absolute atomic E-state index is 0.0619. The number of hydrogen-bond donors (Lipinski definition) is 3. The molecule has 0 fully saturated rings. The number of benzene rings is 1. The summed E-state index contributed by atoms with van der Waals surface area (Å²) in [5, 5.41) is 8.15. The minimum Gasteiger partial charge on any atom is -0.326 e. The molecule has 0 aliphatic heterocycles. The van der Waals surface area contributed by atoms with E-state index in [-0.39, 0.29) is 11.8 Å². The number of aromatic nitrogens is 1. The lowest BCUT2D eigenvalue weighted by Gasteiger charge is -2.21. The zero-order valence-electron chi connectivity index (χ0n) is 13.1. The van der Waals surface area contributed by atoms with Crippen LogP contribution in [-0.2, 0) is 4.79 Å². The Bertz CT molecular complexity index is 644. The number of rotatable bonds is 5. The van der Waals surface area contributed by atoms with Crippen molar-refractivity contribution in [1.82, 2.24) is 10.3 Å². The monoisotopic (exact) mass is 312 g/mol. The summed E-state index contributed by atoms with van der Waals surface area (Å²) in [7, 11) is 0. The fraction of sp³-hybridized carbons (Fsp3) is 0.235. The van der Waals surface area contributed by atoms with Gasteiger partial charge in [0, 0.05) is 11.9 Å². The van der Waals surface area contributed by atoms with E-state index in [1.807, 2.05) is 32.0 Å². The van der Waals surface area contributed by atoms with Crippen LogP contribution in [0.1, 0.15) is 13.8 Å². The molecule has 1 aromatic heterocycles. The number of carbonyl (C=O) groups is 2. The topological polar surface area (TPSA) is 83.1 Å². The SMILES string of the molecule is CC(C)C(NC(=O)Nc1ccccc1)C(=O)Nc1cccnc1. The maximum Gasteiger partial charge on any atom is 0.319 e. The lowest BCUT2D eigenvalue weighted by molar-refractivity contribution is -0.118. The first-order valence-corrected chi connectivity index (χ1v) is 7.39. The molecule has 6 nitrogen and oxygen atoms in total. The Hall–Kier alpha value is -2.89. The molecule has 3 amide bonds. The molecule has 0 spiro atoms. The van der Waals surface area contributed by atoms with Crippen LogP contribution < -0.4 is 16.0 Å². The van der Waals surface area contributed by atoms with E-state index in [4.69, 9.17) is 0 Å². The molecule has 23 heavy (non-hydrogen) atoms. The normalized spacial score (nSPS) is 11.6. The molecule has 1 heterocycles. The first-order chi connectivity index (χ1) is 11.1. The average Bonchev–Trinajstić information content (AvgIpc) is 2.54. The highest BCUT2D eigenvalue weighted by Gasteiger charge is 2.24. The van der Waals surface area contributed by atoms with Gasteiger partial charge >= 0.3 is 6.03 Å². The predicted molar refractivity (Wildman–Crippen MR) is 90.1 cm³/mol. The zero-order valence-corrected chi connectivity index (χ0v) is 13.1. The van der Waals surface area contributed by atoms with Crippen LogP contribution in [0.4, 0.5) is 16.2 Å². The molecular formula is C17H20N4O2. The quantitative estimate of drug-likeness (QED) is 0.794. The molecule has 0 saturated heterocycles. The second kappa shape index (κ2) is 7.93. The zero-order chi connectivity index (χ0) is 16.7. The summed E-state index contributed by atoms with van der Waals surface area (Å²) in [6, 6.07) is 11.5. The number of anilines is 2. The largest absolute Gasteiger partial charge is 0.326 e. The smallest absolute Gasteiger partial charge is 0.319 e. The Morgan fingerprint density at radius 2 is 1.65 bits per heavy atom. The molecule has 0 aliphatic carbocycles. The van der Waals surface area contributed by atoms with Gasteiger partial charge in [0.1, 0.15) is 6.04 Å². The van der Waals surface area contributed by atoms with Crippen LogP contribution in [0.5, 0.6) is 0 Å². The third-order valence-electron chi connectivity index (χ3n) is 3.20. The van der Waals surface area contributed by atoms with Gasteiger partial charge in [0.05, 0.1) is 11.9 Å². The molecule has 6 heteroatoms. The van der Waals surface area contributed by atoms with Crippen LogP contribution in [0, 0.1) is 5.92 Å².